The fourth-order valence-corrected chi connectivity index (χ4v) is 2.28. The van der Waals surface area contributed by atoms with Gasteiger partial charge in [-0.25, -0.2) is 8.42 Å². The highest BCUT2D eigenvalue weighted by Gasteiger charge is 2.14. The topological polar surface area (TPSA) is 54.4 Å². The Balaban J connectivity index is 2.85. The van der Waals surface area contributed by atoms with E-state index in [1.807, 2.05) is 6.07 Å². The van der Waals surface area contributed by atoms with Crippen molar-refractivity contribution in [3.63, 3.8) is 0 Å². The van der Waals surface area contributed by atoms with Crippen LogP contribution in [0.5, 0.6) is 0 Å². The first-order chi connectivity index (χ1) is 6.38. The van der Waals surface area contributed by atoms with Gasteiger partial charge in [-0.15, -0.1) is 0 Å². The zero-order chi connectivity index (χ0) is 10.8. The molecule has 0 heterocycles. The van der Waals surface area contributed by atoms with E-state index < -0.39 is 15.9 Å². The molecule has 1 N–H and O–H groups in total. The van der Waals surface area contributed by atoms with Crippen LogP contribution < -0.4 is 0 Å². The van der Waals surface area contributed by atoms with Crippen LogP contribution in [0.15, 0.2) is 28.7 Å². The molecule has 0 amide bonds. The Hall–Kier alpha value is -0.390. The molecule has 0 spiro atoms. The first-order valence-electron chi connectivity index (χ1n) is 4.00. The van der Waals surface area contributed by atoms with Crippen molar-refractivity contribution in [2.75, 3.05) is 12.0 Å². The summed E-state index contributed by atoms with van der Waals surface area (Å²) in [5.74, 6) is -0.247. The van der Waals surface area contributed by atoms with Crippen LogP contribution >= 0.6 is 15.9 Å². The average Bonchev–Trinajstić information content (AvgIpc) is 2.01. The summed E-state index contributed by atoms with van der Waals surface area (Å²) < 4.78 is 22.7. The van der Waals surface area contributed by atoms with Crippen LogP contribution in [0.3, 0.4) is 0 Å². The number of rotatable bonds is 3. The lowest BCUT2D eigenvalue weighted by Gasteiger charge is -2.09. The van der Waals surface area contributed by atoms with Gasteiger partial charge in [-0.1, -0.05) is 28.1 Å². The second-order valence-corrected chi connectivity index (χ2v) is 6.26. The largest absolute Gasteiger partial charge is 0.387 e. The summed E-state index contributed by atoms with van der Waals surface area (Å²) in [5, 5.41) is 9.58. The quantitative estimate of drug-likeness (QED) is 0.912. The first-order valence-corrected chi connectivity index (χ1v) is 6.85. The van der Waals surface area contributed by atoms with Gasteiger partial charge >= 0.3 is 0 Å². The van der Waals surface area contributed by atoms with E-state index in [-0.39, 0.29) is 5.75 Å². The van der Waals surface area contributed by atoms with Gasteiger partial charge in [0.2, 0.25) is 0 Å². The van der Waals surface area contributed by atoms with E-state index >= 15 is 0 Å². The fraction of sp³-hybridized carbons (Fsp3) is 0.333. The highest BCUT2D eigenvalue weighted by atomic mass is 79.9. The molecule has 0 aliphatic heterocycles. The standard InChI is InChI=1S/C9H11BrO3S/c1-14(12,13)6-9(11)7-3-2-4-8(10)5-7/h2-5,9,11H,6H2,1H3. The number of hydrogen-bond donors (Lipinski definition) is 1. The lowest BCUT2D eigenvalue weighted by Crippen LogP contribution is -2.12. The van der Waals surface area contributed by atoms with Crippen LogP contribution in [0.1, 0.15) is 11.7 Å². The Bertz CT molecular complexity index is 414. The fourth-order valence-electron chi connectivity index (χ4n) is 1.10. The zero-order valence-corrected chi connectivity index (χ0v) is 10.0. The van der Waals surface area contributed by atoms with Gasteiger partial charge in [0.1, 0.15) is 9.84 Å². The van der Waals surface area contributed by atoms with Gasteiger partial charge in [0.15, 0.2) is 0 Å². The van der Waals surface area contributed by atoms with Crippen molar-refractivity contribution in [2.24, 2.45) is 0 Å². The van der Waals surface area contributed by atoms with E-state index in [1.54, 1.807) is 18.2 Å². The normalized spacial score (nSPS) is 13.9. The van der Waals surface area contributed by atoms with E-state index in [4.69, 9.17) is 0 Å². The lowest BCUT2D eigenvalue weighted by atomic mass is 10.1. The number of aliphatic hydroxyl groups is 1. The Labute approximate surface area is 91.8 Å². The third-order valence-corrected chi connectivity index (χ3v) is 3.11. The molecule has 1 unspecified atom stereocenters. The molecular weight excluding hydrogens is 268 g/mol. The minimum absolute atomic E-state index is 0.247. The van der Waals surface area contributed by atoms with Gasteiger partial charge in [-0.3, -0.25) is 0 Å². The number of hydrogen-bond acceptors (Lipinski definition) is 3. The summed E-state index contributed by atoms with van der Waals surface area (Å²) in [7, 11) is -3.15. The minimum atomic E-state index is -3.15. The van der Waals surface area contributed by atoms with E-state index in [2.05, 4.69) is 15.9 Å². The molecule has 0 aliphatic rings. The van der Waals surface area contributed by atoms with Crippen LogP contribution in [-0.2, 0) is 9.84 Å². The number of sulfone groups is 1. The molecule has 0 saturated heterocycles. The van der Waals surface area contributed by atoms with E-state index in [1.165, 1.54) is 0 Å². The van der Waals surface area contributed by atoms with Crippen molar-refractivity contribution in [3.05, 3.63) is 34.3 Å². The highest BCUT2D eigenvalue weighted by Crippen LogP contribution is 2.19. The van der Waals surface area contributed by atoms with Crippen LogP contribution in [0.25, 0.3) is 0 Å². The first kappa shape index (κ1) is 11.7. The third-order valence-electron chi connectivity index (χ3n) is 1.69. The van der Waals surface area contributed by atoms with Crippen molar-refractivity contribution in [1.29, 1.82) is 0 Å². The maximum Gasteiger partial charge on any atom is 0.150 e. The van der Waals surface area contributed by atoms with Crippen LogP contribution in [0.2, 0.25) is 0 Å². The van der Waals surface area contributed by atoms with Gasteiger partial charge in [0, 0.05) is 10.7 Å². The minimum Gasteiger partial charge on any atom is -0.387 e. The van der Waals surface area contributed by atoms with Crippen molar-refractivity contribution in [3.8, 4) is 0 Å². The number of halogens is 1. The molecule has 5 heteroatoms. The summed E-state index contributed by atoms with van der Waals surface area (Å²) in [5.41, 5.74) is 0.602. The SMILES string of the molecule is CS(=O)(=O)CC(O)c1cccc(Br)c1. The van der Waals surface area contributed by atoms with Gasteiger partial charge in [0.05, 0.1) is 11.9 Å². The van der Waals surface area contributed by atoms with Crippen molar-refractivity contribution >= 4 is 25.8 Å². The van der Waals surface area contributed by atoms with Crippen LogP contribution in [0, 0.1) is 0 Å². The second kappa shape index (κ2) is 4.42. The molecule has 0 aromatic heterocycles. The molecule has 1 aromatic carbocycles. The molecule has 1 aromatic rings. The van der Waals surface area contributed by atoms with E-state index in [0.29, 0.717) is 5.56 Å². The molecular formula is C9H11BrO3S. The maximum atomic E-state index is 10.9. The lowest BCUT2D eigenvalue weighted by molar-refractivity contribution is 0.202. The predicted molar refractivity (Wildman–Crippen MR) is 58.8 cm³/mol. The van der Waals surface area contributed by atoms with E-state index in [9.17, 15) is 13.5 Å². The molecule has 1 atom stereocenters. The molecule has 0 fully saturated rings. The molecule has 0 saturated carbocycles. The predicted octanol–water partition coefficient (Wildman–Crippen LogP) is 1.53. The molecule has 0 bridgehead atoms. The maximum absolute atomic E-state index is 10.9. The van der Waals surface area contributed by atoms with Gasteiger partial charge in [-0.05, 0) is 17.7 Å². The average molecular weight is 279 g/mol. The molecule has 1 rings (SSSR count). The summed E-state index contributed by atoms with van der Waals surface area (Å²) in [6.45, 7) is 0. The monoisotopic (exact) mass is 278 g/mol. The Kier molecular flexibility index (Phi) is 3.69. The molecule has 0 radical (unpaired) electrons. The van der Waals surface area contributed by atoms with E-state index in [0.717, 1.165) is 10.7 Å². The van der Waals surface area contributed by atoms with Gasteiger partial charge in [0.25, 0.3) is 0 Å². The smallest absolute Gasteiger partial charge is 0.150 e. The Morgan fingerprint density at radius 3 is 2.64 bits per heavy atom. The molecule has 3 nitrogen and oxygen atoms in total. The number of benzene rings is 1. The van der Waals surface area contributed by atoms with Crippen molar-refractivity contribution in [2.45, 2.75) is 6.10 Å². The zero-order valence-electron chi connectivity index (χ0n) is 7.64. The second-order valence-electron chi connectivity index (χ2n) is 3.16. The van der Waals surface area contributed by atoms with Crippen LogP contribution in [0.4, 0.5) is 0 Å². The van der Waals surface area contributed by atoms with Crippen molar-refractivity contribution < 1.29 is 13.5 Å². The highest BCUT2D eigenvalue weighted by molar-refractivity contribution is 9.10. The van der Waals surface area contributed by atoms with Crippen LogP contribution in [-0.4, -0.2) is 25.5 Å². The third kappa shape index (κ3) is 3.77. The molecule has 78 valence electrons. The summed E-state index contributed by atoms with van der Waals surface area (Å²) >= 11 is 3.25. The molecule has 0 aliphatic carbocycles. The summed E-state index contributed by atoms with van der Waals surface area (Å²) in [4.78, 5) is 0. The van der Waals surface area contributed by atoms with Gasteiger partial charge in [-0.2, -0.15) is 0 Å². The summed E-state index contributed by atoms with van der Waals surface area (Å²) in [6.07, 6.45) is 0.149. The Morgan fingerprint density at radius 1 is 1.50 bits per heavy atom. The van der Waals surface area contributed by atoms with Crippen molar-refractivity contribution in [1.82, 2.24) is 0 Å². The summed E-state index contributed by atoms with van der Waals surface area (Å²) in [6, 6.07) is 6.97. The number of aliphatic hydroxyl groups excluding tert-OH is 1. The Morgan fingerprint density at radius 2 is 2.14 bits per heavy atom. The van der Waals surface area contributed by atoms with Gasteiger partial charge < -0.3 is 5.11 Å². The molecule has 14 heavy (non-hydrogen) atoms.